The molecule has 0 saturated carbocycles. The third kappa shape index (κ3) is 5.36. The SMILES string of the molecule is COc1ccc(C(=O)CSC(=O)[C@@H](C)Cc2ccc(O)cc2)c(C)c1. The molecule has 5 heteroatoms. The van der Waals surface area contributed by atoms with E-state index in [1.165, 1.54) is 0 Å². The van der Waals surface area contributed by atoms with Crippen molar-refractivity contribution in [3.05, 3.63) is 59.2 Å². The number of ether oxygens (including phenoxy) is 1. The molecule has 0 fully saturated rings. The number of benzene rings is 2. The first-order valence-corrected chi connectivity index (χ1v) is 9.01. The van der Waals surface area contributed by atoms with E-state index >= 15 is 0 Å². The Kier molecular flexibility index (Phi) is 6.65. The second kappa shape index (κ2) is 8.72. The minimum absolute atomic E-state index is 0.00686. The van der Waals surface area contributed by atoms with Crippen molar-refractivity contribution in [3.8, 4) is 11.5 Å². The monoisotopic (exact) mass is 358 g/mol. The minimum Gasteiger partial charge on any atom is -0.508 e. The molecular formula is C20H22O4S. The third-order valence-electron chi connectivity index (χ3n) is 3.96. The van der Waals surface area contributed by atoms with Gasteiger partial charge in [0.2, 0.25) is 0 Å². The first kappa shape index (κ1) is 19.1. The summed E-state index contributed by atoms with van der Waals surface area (Å²) in [5.74, 6) is 0.791. The maximum Gasteiger partial charge on any atom is 0.192 e. The van der Waals surface area contributed by atoms with Gasteiger partial charge in [0.1, 0.15) is 11.5 Å². The smallest absolute Gasteiger partial charge is 0.192 e. The van der Waals surface area contributed by atoms with Gasteiger partial charge >= 0.3 is 0 Å². The van der Waals surface area contributed by atoms with E-state index in [9.17, 15) is 14.7 Å². The zero-order chi connectivity index (χ0) is 18.4. The highest BCUT2D eigenvalue weighted by atomic mass is 32.2. The summed E-state index contributed by atoms with van der Waals surface area (Å²) in [6, 6.07) is 12.1. The molecule has 2 aromatic rings. The van der Waals surface area contributed by atoms with Gasteiger partial charge in [-0.25, -0.2) is 0 Å². The van der Waals surface area contributed by atoms with Crippen LogP contribution in [-0.2, 0) is 11.2 Å². The zero-order valence-electron chi connectivity index (χ0n) is 14.6. The average Bonchev–Trinajstić information content (AvgIpc) is 2.61. The minimum atomic E-state index is -0.195. The van der Waals surface area contributed by atoms with Gasteiger partial charge < -0.3 is 9.84 Å². The van der Waals surface area contributed by atoms with Crippen LogP contribution in [0.3, 0.4) is 0 Å². The van der Waals surface area contributed by atoms with Crippen LogP contribution in [0.15, 0.2) is 42.5 Å². The molecule has 0 heterocycles. The van der Waals surface area contributed by atoms with Gasteiger partial charge in [0.15, 0.2) is 10.9 Å². The van der Waals surface area contributed by atoms with Gasteiger partial charge in [0, 0.05) is 11.5 Å². The van der Waals surface area contributed by atoms with Crippen LogP contribution in [0.2, 0.25) is 0 Å². The van der Waals surface area contributed by atoms with E-state index in [-0.39, 0.29) is 28.3 Å². The summed E-state index contributed by atoms with van der Waals surface area (Å²) >= 11 is 1.06. The van der Waals surface area contributed by atoms with Crippen LogP contribution in [0.5, 0.6) is 11.5 Å². The van der Waals surface area contributed by atoms with Crippen molar-refractivity contribution in [2.45, 2.75) is 20.3 Å². The Balaban J connectivity index is 1.90. The third-order valence-corrected chi connectivity index (χ3v) is 5.05. The summed E-state index contributed by atoms with van der Waals surface area (Å²) in [6.45, 7) is 3.71. The highest BCUT2D eigenvalue weighted by Crippen LogP contribution is 2.21. The van der Waals surface area contributed by atoms with Crippen molar-refractivity contribution in [2.24, 2.45) is 5.92 Å². The molecule has 4 nitrogen and oxygen atoms in total. The quantitative estimate of drug-likeness (QED) is 0.757. The highest BCUT2D eigenvalue weighted by Gasteiger charge is 2.17. The van der Waals surface area contributed by atoms with Crippen molar-refractivity contribution >= 4 is 22.7 Å². The molecule has 0 unspecified atom stereocenters. The number of aromatic hydroxyl groups is 1. The van der Waals surface area contributed by atoms with Gasteiger partial charge in [0.25, 0.3) is 0 Å². The fourth-order valence-electron chi connectivity index (χ4n) is 2.50. The van der Waals surface area contributed by atoms with Crippen molar-refractivity contribution < 1.29 is 19.4 Å². The number of carbonyl (C=O) groups excluding carboxylic acids is 2. The Morgan fingerprint density at radius 1 is 1.16 bits per heavy atom. The molecule has 2 aromatic carbocycles. The predicted molar refractivity (Wildman–Crippen MR) is 101 cm³/mol. The van der Waals surface area contributed by atoms with Crippen molar-refractivity contribution in [1.29, 1.82) is 0 Å². The van der Waals surface area contributed by atoms with Crippen LogP contribution >= 0.6 is 11.8 Å². The molecule has 0 bridgehead atoms. The molecule has 1 atom stereocenters. The summed E-state index contributed by atoms with van der Waals surface area (Å²) in [6.07, 6.45) is 0.585. The van der Waals surface area contributed by atoms with Crippen LogP contribution in [0.4, 0.5) is 0 Å². The Hall–Kier alpha value is -2.27. The average molecular weight is 358 g/mol. The number of phenolic OH excluding ortho intramolecular Hbond substituents is 1. The van der Waals surface area contributed by atoms with Gasteiger partial charge in [-0.05, 0) is 54.8 Å². The molecule has 1 N–H and O–H groups in total. The van der Waals surface area contributed by atoms with Crippen LogP contribution in [0.1, 0.15) is 28.4 Å². The van der Waals surface area contributed by atoms with Crippen molar-refractivity contribution in [2.75, 3.05) is 12.9 Å². The van der Waals surface area contributed by atoms with Crippen LogP contribution in [-0.4, -0.2) is 28.9 Å². The van der Waals surface area contributed by atoms with E-state index < -0.39 is 0 Å². The van der Waals surface area contributed by atoms with Crippen LogP contribution < -0.4 is 4.74 Å². The molecule has 25 heavy (non-hydrogen) atoms. The van der Waals surface area contributed by atoms with E-state index in [4.69, 9.17) is 4.74 Å². The lowest BCUT2D eigenvalue weighted by molar-refractivity contribution is -0.113. The van der Waals surface area contributed by atoms with E-state index in [1.807, 2.05) is 19.9 Å². The number of Topliss-reactive ketones (excluding diaryl/α,β-unsaturated/α-hetero) is 1. The molecule has 0 spiro atoms. The van der Waals surface area contributed by atoms with E-state index in [0.717, 1.165) is 22.9 Å². The summed E-state index contributed by atoms with van der Waals surface area (Å²) in [5, 5.41) is 9.29. The molecule has 0 radical (unpaired) electrons. The summed E-state index contributed by atoms with van der Waals surface area (Å²) in [5.41, 5.74) is 2.44. The normalized spacial score (nSPS) is 11.8. The van der Waals surface area contributed by atoms with E-state index in [0.29, 0.717) is 17.7 Å². The first-order chi connectivity index (χ1) is 11.9. The summed E-state index contributed by atoms with van der Waals surface area (Å²) in [7, 11) is 1.58. The van der Waals surface area contributed by atoms with Crippen molar-refractivity contribution in [1.82, 2.24) is 0 Å². The molecule has 0 aromatic heterocycles. The van der Waals surface area contributed by atoms with E-state index in [1.54, 1.807) is 43.5 Å². The van der Waals surface area contributed by atoms with Gasteiger partial charge in [-0.1, -0.05) is 30.8 Å². The number of hydrogen-bond acceptors (Lipinski definition) is 5. The number of hydrogen-bond donors (Lipinski definition) is 1. The summed E-state index contributed by atoms with van der Waals surface area (Å²) < 4.78 is 5.14. The number of thioether (sulfide) groups is 1. The second-order valence-corrected chi connectivity index (χ2v) is 6.96. The molecule has 0 saturated heterocycles. The van der Waals surface area contributed by atoms with Crippen LogP contribution in [0.25, 0.3) is 0 Å². The zero-order valence-corrected chi connectivity index (χ0v) is 15.4. The molecule has 2 rings (SSSR count). The highest BCUT2D eigenvalue weighted by molar-refractivity contribution is 8.14. The molecule has 0 aliphatic rings. The lowest BCUT2D eigenvalue weighted by Crippen LogP contribution is -2.13. The standard InChI is InChI=1S/C20H22O4S/c1-13-11-17(24-3)8-9-18(13)19(22)12-25-20(23)14(2)10-15-4-6-16(21)7-5-15/h4-9,11,14,21H,10,12H2,1-3H3/t14-/m0/s1. The van der Waals surface area contributed by atoms with Gasteiger partial charge in [-0.15, -0.1) is 0 Å². The number of aryl methyl sites for hydroxylation is 1. The fraction of sp³-hybridized carbons (Fsp3) is 0.300. The predicted octanol–water partition coefficient (Wildman–Crippen LogP) is 4.03. The maximum atomic E-state index is 12.3. The topological polar surface area (TPSA) is 63.6 Å². The Labute approximate surface area is 152 Å². The molecule has 0 aliphatic carbocycles. The molecule has 0 aliphatic heterocycles. The Morgan fingerprint density at radius 3 is 2.44 bits per heavy atom. The Morgan fingerprint density at radius 2 is 1.84 bits per heavy atom. The second-order valence-electron chi connectivity index (χ2n) is 5.98. The Bertz CT molecular complexity index is 753. The first-order valence-electron chi connectivity index (χ1n) is 8.03. The van der Waals surface area contributed by atoms with E-state index in [2.05, 4.69) is 0 Å². The van der Waals surface area contributed by atoms with Gasteiger partial charge in [-0.3, -0.25) is 9.59 Å². The van der Waals surface area contributed by atoms with Crippen molar-refractivity contribution in [3.63, 3.8) is 0 Å². The lowest BCUT2D eigenvalue weighted by atomic mass is 10.0. The fourth-order valence-corrected chi connectivity index (χ4v) is 3.30. The molecule has 132 valence electrons. The molecular weight excluding hydrogens is 336 g/mol. The van der Waals surface area contributed by atoms with Gasteiger partial charge in [-0.2, -0.15) is 0 Å². The number of methoxy groups -OCH3 is 1. The maximum absolute atomic E-state index is 12.3. The van der Waals surface area contributed by atoms with Gasteiger partial charge in [0.05, 0.1) is 12.9 Å². The lowest BCUT2D eigenvalue weighted by Gasteiger charge is -2.11. The largest absolute Gasteiger partial charge is 0.508 e. The number of phenols is 1. The summed E-state index contributed by atoms with van der Waals surface area (Å²) in [4.78, 5) is 24.6. The number of rotatable bonds is 7. The van der Waals surface area contributed by atoms with Crippen LogP contribution in [0, 0.1) is 12.8 Å². The number of ketones is 1. The number of carbonyl (C=O) groups is 2. The molecule has 0 amide bonds.